The highest BCUT2D eigenvalue weighted by Gasteiger charge is 2.23. The Morgan fingerprint density at radius 3 is 2.55 bits per heavy atom. The topological polar surface area (TPSA) is 46.3 Å². The van der Waals surface area contributed by atoms with Crippen LogP contribution in [-0.4, -0.2) is 37.2 Å². The van der Waals surface area contributed by atoms with E-state index in [4.69, 9.17) is 17.3 Å². The Morgan fingerprint density at radius 2 is 2.05 bits per heavy atom. The summed E-state index contributed by atoms with van der Waals surface area (Å²) >= 11 is 7.70. The molecule has 6 heteroatoms. The molecule has 20 heavy (non-hydrogen) atoms. The van der Waals surface area contributed by atoms with Crippen LogP contribution in [0.5, 0.6) is 0 Å². The normalized spacial score (nSPS) is 10.9. The lowest BCUT2D eigenvalue weighted by molar-refractivity contribution is 0.0740. The number of hydrogen-bond donors (Lipinski definition) is 1. The van der Waals surface area contributed by atoms with Gasteiger partial charge in [-0.15, -0.1) is 24.2 Å². The van der Waals surface area contributed by atoms with Crippen molar-refractivity contribution < 1.29 is 4.79 Å². The maximum atomic E-state index is 12.4. The summed E-state index contributed by atoms with van der Waals surface area (Å²) in [5, 5.41) is 0.486. The van der Waals surface area contributed by atoms with Crippen LogP contribution in [0.1, 0.15) is 24.2 Å². The van der Waals surface area contributed by atoms with Crippen LogP contribution in [0.25, 0.3) is 0 Å². The lowest BCUT2D eigenvalue weighted by atomic mass is 9.93. The van der Waals surface area contributed by atoms with E-state index in [1.54, 1.807) is 29.8 Å². The molecular weight excluding hydrogens is 315 g/mol. The second-order valence-corrected chi connectivity index (χ2v) is 6.66. The van der Waals surface area contributed by atoms with Gasteiger partial charge in [-0.1, -0.05) is 25.4 Å². The van der Waals surface area contributed by atoms with E-state index in [1.807, 2.05) is 32.2 Å². The molecule has 114 valence electrons. The van der Waals surface area contributed by atoms with E-state index in [-0.39, 0.29) is 23.7 Å². The first-order chi connectivity index (χ1) is 8.80. The average molecular weight is 337 g/mol. The van der Waals surface area contributed by atoms with E-state index < -0.39 is 0 Å². The third kappa shape index (κ3) is 5.17. The molecule has 0 unspecified atom stereocenters. The summed E-state index contributed by atoms with van der Waals surface area (Å²) in [7, 11) is 1.78. The maximum Gasteiger partial charge on any atom is 0.255 e. The van der Waals surface area contributed by atoms with Gasteiger partial charge in [0.05, 0.1) is 10.6 Å². The average Bonchev–Trinajstić information content (AvgIpc) is 2.38. The van der Waals surface area contributed by atoms with Crippen molar-refractivity contribution in [3.63, 3.8) is 0 Å². The number of amides is 1. The summed E-state index contributed by atoms with van der Waals surface area (Å²) in [6, 6.07) is 5.51. The molecule has 0 saturated carbocycles. The number of nitrogens with zero attached hydrogens (tertiary/aromatic N) is 1. The fourth-order valence-corrected chi connectivity index (χ4v) is 2.42. The van der Waals surface area contributed by atoms with Gasteiger partial charge in [0.15, 0.2) is 0 Å². The first-order valence-electron chi connectivity index (χ1n) is 6.10. The molecule has 0 aliphatic carbocycles. The van der Waals surface area contributed by atoms with Crippen molar-refractivity contribution in [1.82, 2.24) is 4.90 Å². The second-order valence-electron chi connectivity index (χ2n) is 5.38. The van der Waals surface area contributed by atoms with Gasteiger partial charge in [0.25, 0.3) is 5.91 Å². The zero-order valence-electron chi connectivity index (χ0n) is 12.3. The Hall–Kier alpha value is -0.420. The Kier molecular flexibility index (Phi) is 7.96. The molecule has 0 saturated heterocycles. The van der Waals surface area contributed by atoms with Crippen LogP contribution >= 0.6 is 35.8 Å². The van der Waals surface area contributed by atoms with Crippen LogP contribution in [0.2, 0.25) is 5.02 Å². The number of thioether (sulfide) groups is 1. The maximum absolute atomic E-state index is 12.4. The Morgan fingerprint density at radius 1 is 1.45 bits per heavy atom. The van der Waals surface area contributed by atoms with Gasteiger partial charge in [-0.3, -0.25) is 4.79 Å². The van der Waals surface area contributed by atoms with Gasteiger partial charge in [-0.25, -0.2) is 0 Å². The molecule has 3 nitrogen and oxygen atoms in total. The summed E-state index contributed by atoms with van der Waals surface area (Å²) < 4.78 is 0. The Balaban J connectivity index is 0.00000361. The molecule has 1 aromatic rings. The minimum absolute atomic E-state index is 0. The van der Waals surface area contributed by atoms with Crippen LogP contribution in [0, 0.1) is 5.41 Å². The number of carbonyl (C=O) groups is 1. The van der Waals surface area contributed by atoms with Crippen molar-refractivity contribution in [2.45, 2.75) is 18.7 Å². The molecule has 0 aliphatic rings. The Bertz CT molecular complexity index is 466. The molecule has 0 fully saturated rings. The van der Waals surface area contributed by atoms with Gasteiger partial charge in [-0.05, 0) is 36.4 Å². The van der Waals surface area contributed by atoms with E-state index >= 15 is 0 Å². The molecule has 0 bridgehead atoms. The number of halogens is 2. The molecule has 0 aliphatic heterocycles. The molecule has 0 radical (unpaired) electrons. The van der Waals surface area contributed by atoms with Gasteiger partial charge in [0, 0.05) is 18.5 Å². The van der Waals surface area contributed by atoms with Gasteiger partial charge in [-0.2, -0.15) is 0 Å². The SMILES string of the molecule is CSc1ccc(Cl)c(C(=O)N(C)CC(C)(C)CN)c1.Cl. The van der Waals surface area contributed by atoms with Crippen LogP contribution in [0.3, 0.4) is 0 Å². The molecule has 1 aromatic carbocycles. The fraction of sp³-hybridized carbons (Fsp3) is 0.500. The number of carbonyl (C=O) groups excluding carboxylic acids is 1. The van der Waals surface area contributed by atoms with E-state index in [1.165, 1.54) is 0 Å². The first-order valence-corrected chi connectivity index (χ1v) is 7.70. The third-order valence-electron chi connectivity index (χ3n) is 2.97. The number of hydrogen-bond acceptors (Lipinski definition) is 3. The van der Waals surface area contributed by atoms with Crippen LogP contribution in [-0.2, 0) is 0 Å². The summed E-state index contributed by atoms with van der Waals surface area (Å²) in [5.41, 5.74) is 6.14. The van der Waals surface area contributed by atoms with Crippen molar-refractivity contribution in [2.75, 3.05) is 26.4 Å². The summed E-state index contributed by atoms with van der Waals surface area (Å²) in [4.78, 5) is 15.1. The van der Waals surface area contributed by atoms with Crippen molar-refractivity contribution in [1.29, 1.82) is 0 Å². The first kappa shape index (κ1) is 19.6. The molecule has 0 spiro atoms. The van der Waals surface area contributed by atoms with E-state index in [0.717, 1.165) is 4.90 Å². The lowest BCUT2D eigenvalue weighted by Gasteiger charge is -2.29. The molecule has 1 rings (SSSR count). The highest BCUT2D eigenvalue weighted by atomic mass is 35.5. The molecule has 0 atom stereocenters. The molecule has 2 N–H and O–H groups in total. The summed E-state index contributed by atoms with van der Waals surface area (Å²) in [6.07, 6.45) is 1.97. The molecule has 0 aromatic heterocycles. The van der Waals surface area contributed by atoms with Crippen LogP contribution in [0.15, 0.2) is 23.1 Å². The smallest absolute Gasteiger partial charge is 0.255 e. The van der Waals surface area contributed by atoms with Crippen LogP contribution in [0.4, 0.5) is 0 Å². The minimum atomic E-state index is -0.103. The largest absolute Gasteiger partial charge is 0.341 e. The predicted molar refractivity (Wildman–Crippen MR) is 90.3 cm³/mol. The Labute approximate surface area is 136 Å². The standard InChI is InChI=1S/C14H21ClN2OS.ClH/c1-14(2,8-16)9-17(3)13(18)11-7-10(19-4)5-6-12(11)15;/h5-7H,8-9,16H2,1-4H3;1H. The van der Waals surface area contributed by atoms with Crippen molar-refractivity contribution in [2.24, 2.45) is 11.1 Å². The van der Waals surface area contributed by atoms with E-state index in [9.17, 15) is 4.79 Å². The highest BCUT2D eigenvalue weighted by molar-refractivity contribution is 7.98. The van der Waals surface area contributed by atoms with Gasteiger partial charge >= 0.3 is 0 Å². The summed E-state index contributed by atoms with van der Waals surface area (Å²) in [6.45, 7) is 5.21. The molecule has 1 amide bonds. The van der Waals surface area contributed by atoms with Gasteiger partial charge in [0.2, 0.25) is 0 Å². The van der Waals surface area contributed by atoms with Crippen molar-refractivity contribution in [3.05, 3.63) is 28.8 Å². The second kappa shape index (κ2) is 8.13. The minimum Gasteiger partial charge on any atom is -0.341 e. The zero-order chi connectivity index (χ0) is 14.6. The predicted octanol–water partition coefficient (Wildman–Crippen LogP) is 3.54. The van der Waals surface area contributed by atoms with Crippen molar-refractivity contribution >= 4 is 41.7 Å². The van der Waals surface area contributed by atoms with Crippen molar-refractivity contribution in [3.8, 4) is 0 Å². The van der Waals surface area contributed by atoms with Crippen LogP contribution < -0.4 is 5.73 Å². The fourth-order valence-electron chi connectivity index (χ4n) is 1.78. The quantitative estimate of drug-likeness (QED) is 0.836. The number of nitrogens with two attached hydrogens (primary N) is 1. The van der Waals surface area contributed by atoms with Gasteiger partial charge < -0.3 is 10.6 Å². The summed E-state index contributed by atoms with van der Waals surface area (Å²) in [5.74, 6) is -0.0672. The molecule has 0 heterocycles. The van der Waals surface area contributed by atoms with E-state index in [2.05, 4.69) is 0 Å². The zero-order valence-corrected chi connectivity index (χ0v) is 14.7. The number of rotatable bonds is 5. The highest BCUT2D eigenvalue weighted by Crippen LogP contribution is 2.25. The number of benzene rings is 1. The molecular formula is C14H22Cl2N2OS. The van der Waals surface area contributed by atoms with Gasteiger partial charge in [0.1, 0.15) is 0 Å². The lowest BCUT2D eigenvalue weighted by Crippen LogP contribution is -2.39. The van der Waals surface area contributed by atoms with E-state index in [0.29, 0.717) is 23.7 Å². The monoisotopic (exact) mass is 336 g/mol. The third-order valence-corrected chi connectivity index (χ3v) is 4.02.